The minimum Gasteiger partial charge on any atom is -0.491 e. The number of carbonyl (C=O) groups is 4. The molecule has 68 heavy (non-hydrogen) atoms. The van der Waals surface area contributed by atoms with Gasteiger partial charge >= 0.3 is 6.18 Å². The molecule has 19 heteroatoms. The Bertz CT molecular complexity index is 2370. The maximum atomic E-state index is 14.0. The molecule has 15 nitrogen and oxygen atoms in total. The van der Waals surface area contributed by atoms with Crippen molar-refractivity contribution in [3.05, 3.63) is 89.0 Å². The van der Waals surface area contributed by atoms with Crippen LogP contribution in [-0.4, -0.2) is 117 Å². The standard InChI is InChI=1S/C49H60F3N7O8S/c1-30(54-7)42(60)56-41(47(2,3)4)44(62)57-20-10-13-38(57)43(61)55-40-36-12-9-8-11-31(36)27-39(40)67-26-24-65-22-21-64-23-25-66-35-18-16-33(17-19-35)59-46(68)58(45(63)48(59,5)6)34-15-14-32(29-53)37(28-34)49(50,51)52/h8-9,11-12,14-19,28,30,38-41,54H,10,13,20-27H2,1-7H3,(H,55,61)(H,56,60)/t30-,38-,39+,40-,41?/m0/s1. The maximum Gasteiger partial charge on any atom is 0.417 e. The van der Waals surface area contributed by atoms with E-state index in [9.17, 15) is 37.6 Å². The molecule has 0 aromatic heterocycles. The summed E-state index contributed by atoms with van der Waals surface area (Å²) in [5.41, 5.74) is -1.06. The largest absolute Gasteiger partial charge is 0.491 e. The first-order chi connectivity index (χ1) is 32.2. The molecule has 0 saturated carbocycles. The van der Waals surface area contributed by atoms with Gasteiger partial charge in [0.25, 0.3) is 5.91 Å². The molecule has 3 aliphatic rings. The molecule has 1 unspecified atom stereocenters. The van der Waals surface area contributed by atoms with E-state index in [-0.39, 0.29) is 54.4 Å². The molecule has 6 rings (SSSR count). The van der Waals surface area contributed by atoms with E-state index in [1.165, 1.54) is 6.07 Å². The number of ether oxygens (including phenoxy) is 4. The lowest BCUT2D eigenvalue weighted by atomic mass is 9.85. The Kier molecular flexibility index (Phi) is 16.6. The highest BCUT2D eigenvalue weighted by Gasteiger charge is 2.51. The number of hydrogen-bond donors (Lipinski definition) is 3. The van der Waals surface area contributed by atoms with Gasteiger partial charge in [-0.25, -0.2) is 0 Å². The number of nitriles is 1. The van der Waals surface area contributed by atoms with E-state index in [0.29, 0.717) is 57.1 Å². The molecule has 5 atom stereocenters. The van der Waals surface area contributed by atoms with Crippen molar-refractivity contribution in [2.75, 3.05) is 63.0 Å². The summed E-state index contributed by atoms with van der Waals surface area (Å²) in [6.07, 6.45) is -3.38. The van der Waals surface area contributed by atoms with Crippen LogP contribution in [-0.2, 0) is 46.0 Å². The summed E-state index contributed by atoms with van der Waals surface area (Å²) in [4.78, 5) is 58.5. The molecule has 3 aromatic carbocycles. The fraction of sp³-hybridized carbons (Fsp3) is 0.510. The topological polar surface area (TPSA) is 175 Å². The van der Waals surface area contributed by atoms with Crippen LogP contribution in [0.2, 0.25) is 0 Å². The molecule has 1 aliphatic carbocycles. The fourth-order valence-corrected chi connectivity index (χ4v) is 9.12. The van der Waals surface area contributed by atoms with Crippen LogP contribution in [0, 0.1) is 16.7 Å². The number of likely N-dealkylation sites (N-methyl/N-ethyl adjacent to an activating group) is 1. The first kappa shape index (κ1) is 51.7. The van der Waals surface area contributed by atoms with Gasteiger partial charge in [-0.2, -0.15) is 18.4 Å². The SMILES string of the molecule is CN[C@@H](C)C(=O)NC(C(=O)N1CCC[C@H]1C(=O)N[C@H]1c2ccccc2C[C@H]1OCCOCCOCCOc1ccc(N2C(=S)N(c3ccc(C#N)c(C(F)(F)F)c3)C(=O)C2(C)C)cc1)C(C)(C)C. The van der Waals surface area contributed by atoms with E-state index in [4.69, 9.17) is 31.2 Å². The van der Waals surface area contributed by atoms with E-state index >= 15 is 0 Å². The second-order valence-electron chi connectivity index (χ2n) is 18.5. The quantitative estimate of drug-likeness (QED) is 0.0970. The number of hydrogen-bond acceptors (Lipinski definition) is 11. The van der Waals surface area contributed by atoms with Crippen LogP contribution in [0.5, 0.6) is 5.75 Å². The Morgan fingerprint density at radius 1 is 0.941 bits per heavy atom. The summed E-state index contributed by atoms with van der Waals surface area (Å²) in [5.74, 6) is -0.842. The average Bonchev–Trinajstić information content (AvgIpc) is 3.97. The van der Waals surface area contributed by atoms with Crippen molar-refractivity contribution in [1.29, 1.82) is 5.26 Å². The van der Waals surface area contributed by atoms with Gasteiger partial charge in [0.15, 0.2) is 5.11 Å². The van der Waals surface area contributed by atoms with Gasteiger partial charge in [-0.3, -0.25) is 24.1 Å². The van der Waals surface area contributed by atoms with Crippen LogP contribution >= 0.6 is 12.2 Å². The van der Waals surface area contributed by atoms with Crippen LogP contribution in [0.4, 0.5) is 24.5 Å². The molecule has 4 amide bonds. The molecule has 2 aliphatic heterocycles. The summed E-state index contributed by atoms with van der Waals surface area (Å²) in [6.45, 7) is 12.7. The second-order valence-corrected chi connectivity index (χ2v) is 18.9. The number of alkyl halides is 3. The zero-order valence-corrected chi connectivity index (χ0v) is 40.2. The number of rotatable bonds is 19. The van der Waals surface area contributed by atoms with Crippen LogP contribution < -0.4 is 30.5 Å². The predicted molar refractivity (Wildman–Crippen MR) is 252 cm³/mol. The summed E-state index contributed by atoms with van der Waals surface area (Å²) < 4.78 is 64.7. The van der Waals surface area contributed by atoms with Gasteiger partial charge in [-0.05, 0) is 112 Å². The van der Waals surface area contributed by atoms with Crippen molar-refractivity contribution in [2.45, 2.75) is 103 Å². The normalized spacial score (nSPS) is 20.0. The van der Waals surface area contributed by atoms with Gasteiger partial charge < -0.3 is 44.7 Å². The van der Waals surface area contributed by atoms with Crippen molar-refractivity contribution in [3.8, 4) is 11.8 Å². The summed E-state index contributed by atoms with van der Waals surface area (Å²) in [5, 5.41) is 18.2. The molecule has 0 spiro atoms. The van der Waals surface area contributed by atoms with Crippen LogP contribution in [0.1, 0.15) is 82.7 Å². The minimum absolute atomic E-state index is 0.0113. The number of anilines is 2. The third-order valence-electron chi connectivity index (χ3n) is 12.4. The Labute approximate surface area is 400 Å². The number of benzene rings is 3. The fourth-order valence-electron chi connectivity index (χ4n) is 8.60. The number of nitrogens with one attached hydrogen (secondary N) is 3. The van der Waals surface area contributed by atoms with Gasteiger partial charge in [0.1, 0.15) is 30.0 Å². The Balaban J connectivity index is 0.928. The first-order valence-electron chi connectivity index (χ1n) is 22.6. The second kappa shape index (κ2) is 21.8. The molecule has 2 saturated heterocycles. The number of thiocarbonyl (C=S) groups is 1. The Hall–Kier alpha value is -5.65. The molecular formula is C49H60F3N7O8S. The molecule has 3 aromatic rings. The van der Waals surface area contributed by atoms with Gasteiger partial charge in [0.2, 0.25) is 17.7 Å². The summed E-state index contributed by atoms with van der Waals surface area (Å²) in [6, 6.07) is 16.8. The van der Waals surface area contributed by atoms with E-state index in [2.05, 4.69) is 16.0 Å². The van der Waals surface area contributed by atoms with Crippen LogP contribution in [0.25, 0.3) is 0 Å². The van der Waals surface area contributed by atoms with Gasteiger partial charge in [0, 0.05) is 18.7 Å². The Morgan fingerprint density at radius 2 is 1.59 bits per heavy atom. The molecule has 366 valence electrons. The molecule has 3 N–H and O–H groups in total. The molecule has 0 radical (unpaired) electrons. The van der Waals surface area contributed by atoms with Crippen LogP contribution in [0.15, 0.2) is 66.7 Å². The van der Waals surface area contributed by atoms with Gasteiger partial charge in [-0.15, -0.1) is 0 Å². The maximum absolute atomic E-state index is 14.0. The smallest absolute Gasteiger partial charge is 0.417 e. The highest BCUT2D eigenvalue weighted by Crippen LogP contribution is 2.40. The zero-order chi connectivity index (χ0) is 49.6. The van der Waals surface area contributed by atoms with Gasteiger partial charge in [-0.1, -0.05) is 45.0 Å². The van der Waals surface area contributed by atoms with E-state index in [0.717, 1.165) is 28.2 Å². The van der Waals surface area contributed by atoms with Crippen molar-refractivity contribution in [2.24, 2.45) is 5.41 Å². The Morgan fingerprint density at radius 3 is 2.24 bits per heavy atom. The van der Waals surface area contributed by atoms with Crippen molar-refractivity contribution < 1.29 is 51.3 Å². The molecule has 2 fully saturated rings. The number of fused-ring (bicyclic) bond motifs is 1. The summed E-state index contributed by atoms with van der Waals surface area (Å²) >= 11 is 5.63. The number of likely N-dealkylation sites (tertiary alicyclic amines) is 1. The number of nitrogens with zero attached hydrogens (tertiary/aromatic N) is 4. The summed E-state index contributed by atoms with van der Waals surface area (Å²) in [7, 11) is 1.68. The third-order valence-corrected chi connectivity index (χ3v) is 12.8. The zero-order valence-electron chi connectivity index (χ0n) is 39.4. The number of amides is 4. The number of halogens is 3. The van der Waals surface area contributed by atoms with E-state index in [1.807, 2.05) is 45.0 Å². The number of carbonyl (C=O) groups excluding carboxylic acids is 4. The van der Waals surface area contributed by atoms with Crippen molar-refractivity contribution in [1.82, 2.24) is 20.9 Å². The van der Waals surface area contributed by atoms with Crippen molar-refractivity contribution in [3.63, 3.8) is 0 Å². The average molecular weight is 964 g/mol. The lowest BCUT2D eigenvalue weighted by molar-refractivity contribution is -0.144. The molecule has 2 heterocycles. The lowest BCUT2D eigenvalue weighted by Gasteiger charge is -2.36. The van der Waals surface area contributed by atoms with E-state index < -0.39 is 58.3 Å². The highest BCUT2D eigenvalue weighted by atomic mass is 32.1. The first-order valence-corrected chi connectivity index (χ1v) is 23.1. The third kappa shape index (κ3) is 11.6. The van der Waals surface area contributed by atoms with E-state index in [1.54, 1.807) is 68.0 Å². The van der Waals surface area contributed by atoms with Crippen LogP contribution in [0.3, 0.4) is 0 Å². The highest BCUT2D eigenvalue weighted by molar-refractivity contribution is 7.81. The minimum atomic E-state index is -4.80. The molecule has 0 bridgehead atoms. The predicted octanol–water partition coefficient (Wildman–Crippen LogP) is 5.83. The lowest BCUT2D eigenvalue weighted by Crippen LogP contribution is -2.59. The van der Waals surface area contributed by atoms with Gasteiger partial charge in [0.05, 0.1) is 74.1 Å². The molecular weight excluding hydrogens is 904 g/mol. The monoisotopic (exact) mass is 963 g/mol. The van der Waals surface area contributed by atoms with Crippen molar-refractivity contribution >= 4 is 52.3 Å².